The largest absolute Gasteiger partial charge is 0.477 e. The summed E-state index contributed by atoms with van der Waals surface area (Å²) in [6.45, 7) is 7.68. The Hall–Kier alpha value is -6.67. The molecule has 4 aromatic carbocycles. The summed E-state index contributed by atoms with van der Waals surface area (Å²) < 4.78 is 33.3. The summed E-state index contributed by atoms with van der Waals surface area (Å²) in [6, 6.07) is 23.0. The summed E-state index contributed by atoms with van der Waals surface area (Å²) in [5, 5.41) is 18.9. The number of nitrogens with zero attached hydrogens (tertiary/aromatic N) is 5. The van der Waals surface area contributed by atoms with Crippen LogP contribution in [-0.2, 0) is 13.1 Å². The molecule has 0 bridgehead atoms. The average molecular weight is 834 g/mol. The van der Waals surface area contributed by atoms with Gasteiger partial charge in [0.05, 0.1) is 22.4 Å². The maximum atomic E-state index is 15.0. The molecule has 1 saturated heterocycles. The van der Waals surface area contributed by atoms with Gasteiger partial charge in [-0.05, 0) is 86.8 Å². The smallest absolute Gasteiger partial charge is 0.341 e. The first kappa shape index (κ1) is 43.9. The second-order valence-electron chi connectivity index (χ2n) is 16.0. The summed E-state index contributed by atoms with van der Waals surface area (Å²) in [6.07, 6.45) is 4.79. The molecule has 1 fully saturated rings. The number of carboxylic acid groups (broad SMARTS) is 2. The van der Waals surface area contributed by atoms with Crippen molar-refractivity contribution in [2.45, 2.75) is 39.8 Å². The van der Waals surface area contributed by atoms with Crippen molar-refractivity contribution in [2.75, 3.05) is 50.6 Å². The molecule has 2 aromatic heterocycles. The Labute approximate surface area is 351 Å². The Kier molecular flexibility index (Phi) is 13.5. The van der Waals surface area contributed by atoms with Crippen molar-refractivity contribution in [3.05, 3.63) is 152 Å². The van der Waals surface area contributed by atoms with Crippen molar-refractivity contribution in [2.24, 2.45) is 11.8 Å². The number of piperidine rings is 1. The predicted molar refractivity (Wildman–Crippen MR) is 233 cm³/mol. The zero-order valence-electron chi connectivity index (χ0n) is 34.8. The van der Waals surface area contributed by atoms with Crippen LogP contribution in [0.5, 0.6) is 0 Å². The van der Waals surface area contributed by atoms with Gasteiger partial charge in [0, 0.05) is 62.5 Å². The van der Waals surface area contributed by atoms with E-state index in [9.17, 15) is 38.6 Å². The molecular weight excluding hydrogens is 785 g/mol. The van der Waals surface area contributed by atoms with E-state index in [2.05, 4.69) is 11.9 Å². The molecule has 0 radical (unpaired) electrons. The number of amides is 1. The predicted octanol–water partition coefficient (Wildman–Crippen LogP) is 7.44. The molecule has 6 aromatic rings. The number of carboxylic acids is 2. The van der Waals surface area contributed by atoms with Crippen molar-refractivity contribution in [1.29, 1.82) is 0 Å². The van der Waals surface area contributed by atoms with Gasteiger partial charge in [-0.15, -0.1) is 0 Å². The number of hydrogen-bond donors (Lipinski definition) is 2. The highest BCUT2D eigenvalue weighted by molar-refractivity contribution is 6.06. The first-order valence-electron chi connectivity index (χ1n) is 20.0. The molecule has 0 spiro atoms. The number of halogens is 2. The molecule has 0 aliphatic carbocycles. The van der Waals surface area contributed by atoms with Crippen LogP contribution in [0.2, 0.25) is 0 Å². The lowest BCUT2D eigenvalue weighted by molar-refractivity contribution is 0.0684. The minimum absolute atomic E-state index is 0.0179. The van der Waals surface area contributed by atoms with Crippen LogP contribution in [0.25, 0.3) is 21.8 Å². The Bertz CT molecular complexity index is 2710. The van der Waals surface area contributed by atoms with Gasteiger partial charge in [0.15, 0.2) is 0 Å². The summed E-state index contributed by atoms with van der Waals surface area (Å²) in [5.74, 6) is -3.65. The van der Waals surface area contributed by atoms with Gasteiger partial charge < -0.3 is 34.0 Å². The molecule has 7 rings (SSSR count). The van der Waals surface area contributed by atoms with Gasteiger partial charge in [-0.3, -0.25) is 14.4 Å². The third-order valence-corrected chi connectivity index (χ3v) is 11.0. The molecule has 2 N–H and O–H groups in total. The van der Waals surface area contributed by atoms with E-state index >= 15 is 4.39 Å². The van der Waals surface area contributed by atoms with Crippen molar-refractivity contribution < 1.29 is 33.4 Å². The Morgan fingerprint density at radius 2 is 1.23 bits per heavy atom. The van der Waals surface area contributed by atoms with E-state index in [1.165, 1.54) is 36.5 Å². The third-order valence-electron chi connectivity index (χ3n) is 11.0. The number of fused-ring (bicyclic) bond motifs is 2. The summed E-state index contributed by atoms with van der Waals surface area (Å²) in [5.41, 5.74) is 0.376. The number of anilines is 2. The van der Waals surface area contributed by atoms with Crippen molar-refractivity contribution in [1.82, 2.24) is 14.0 Å². The fraction of sp³-hybridized carbons (Fsp3) is 0.298. The van der Waals surface area contributed by atoms with Crippen LogP contribution >= 0.6 is 0 Å². The number of hydrogen-bond acceptors (Lipinski definition) is 7. The average Bonchev–Trinajstić information content (AvgIpc) is 3.23. The number of rotatable bonds is 11. The van der Waals surface area contributed by atoms with Gasteiger partial charge in [0.25, 0.3) is 5.91 Å². The van der Waals surface area contributed by atoms with Crippen molar-refractivity contribution in [3.8, 4) is 0 Å². The molecule has 0 unspecified atom stereocenters. The highest BCUT2D eigenvalue weighted by atomic mass is 19.1. The third kappa shape index (κ3) is 9.87. The van der Waals surface area contributed by atoms with Gasteiger partial charge in [-0.2, -0.15) is 0 Å². The zero-order valence-corrected chi connectivity index (χ0v) is 34.8. The highest BCUT2D eigenvalue weighted by Crippen LogP contribution is 2.29. The van der Waals surface area contributed by atoms with Gasteiger partial charge in [0.1, 0.15) is 22.8 Å². The summed E-state index contributed by atoms with van der Waals surface area (Å²) in [4.78, 5) is 66.7. The van der Waals surface area contributed by atoms with Gasteiger partial charge in [-0.25, -0.2) is 18.4 Å². The number of likely N-dealkylation sites (tertiary alicyclic amines) is 1. The Morgan fingerprint density at radius 3 is 1.77 bits per heavy atom. The number of carbonyl (C=O) groups is 3. The molecule has 1 aliphatic heterocycles. The van der Waals surface area contributed by atoms with E-state index in [-0.39, 0.29) is 34.5 Å². The van der Waals surface area contributed by atoms with Gasteiger partial charge in [-0.1, -0.05) is 62.4 Å². The molecule has 1 aliphatic rings. The normalized spacial score (nSPS) is 13.2. The van der Waals surface area contributed by atoms with E-state index in [1.807, 2.05) is 56.1 Å². The first-order valence-corrected chi connectivity index (χ1v) is 20.0. The molecule has 14 heteroatoms. The lowest BCUT2D eigenvalue weighted by atomic mass is 9.96. The zero-order chi connectivity index (χ0) is 44.1. The van der Waals surface area contributed by atoms with E-state index in [1.54, 1.807) is 45.5 Å². The number of benzene rings is 4. The maximum absolute atomic E-state index is 15.0. The fourth-order valence-corrected chi connectivity index (χ4v) is 7.72. The molecular formula is C47H49F2N5O7. The first-order chi connectivity index (χ1) is 29.0. The highest BCUT2D eigenvalue weighted by Gasteiger charge is 2.24. The lowest BCUT2D eigenvalue weighted by Gasteiger charge is -2.32. The number of aromatic carboxylic acids is 2. The molecule has 12 nitrogen and oxygen atoms in total. The number of pyridine rings is 2. The van der Waals surface area contributed by atoms with E-state index in [4.69, 9.17) is 0 Å². The van der Waals surface area contributed by atoms with Crippen LogP contribution in [0.3, 0.4) is 0 Å². The van der Waals surface area contributed by atoms with Crippen molar-refractivity contribution >= 4 is 51.0 Å². The summed E-state index contributed by atoms with van der Waals surface area (Å²) >= 11 is 0. The fourth-order valence-electron chi connectivity index (χ4n) is 7.72. The minimum atomic E-state index is -1.39. The van der Waals surface area contributed by atoms with E-state index < -0.39 is 45.9 Å². The van der Waals surface area contributed by atoms with Crippen LogP contribution in [0.4, 0.5) is 20.2 Å². The molecule has 3 heterocycles. The number of carbonyl (C=O) groups excluding carboxylic acids is 1. The van der Waals surface area contributed by atoms with Gasteiger partial charge in [0.2, 0.25) is 10.9 Å². The molecule has 61 heavy (non-hydrogen) atoms. The standard InChI is InChI=1S/C25H19FN2O4.C22H30FN3O3/c1-27(24(30)17-10-6-3-7-11-17)22-13-21-18(12-20(22)26)23(29)19(25(31)32)15-28(21)14-16-8-4-2-5-9-16;1-14(2)11-26-13-17(22(28)29)21(27)16-9-18(23)20(10-19(16)26)25(4)12-15-5-7-24(3)8-6-15/h2-13,15H,14H2,1H3,(H,31,32);9-10,13-15H,5-8,11-12H2,1-4H3,(H,28,29). The second kappa shape index (κ2) is 18.7. The topological polar surface area (TPSA) is 145 Å². The van der Waals surface area contributed by atoms with Crippen LogP contribution in [0, 0.1) is 23.5 Å². The summed E-state index contributed by atoms with van der Waals surface area (Å²) in [7, 11) is 5.44. The van der Waals surface area contributed by atoms with Crippen LogP contribution < -0.4 is 20.7 Å². The van der Waals surface area contributed by atoms with Crippen LogP contribution in [0.15, 0.2) is 107 Å². The minimum Gasteiger partial charge on any atom is -0.477 e. The van der Waals surface area contributed by atoms with Crippen LogP contribution in [-0.4, -0.2) is 82.9 Å². The Balaban J connectivity index is 0.000000205. The van der Waals surface area contributed by atoms with Gasteiger partial charge >= 0.3 is 11.9 Å². The monoisotopic (exact) mass is 833 g/mol. The lowest BCUT2D eigenvalue weighted by Crippen LogP contribution is -2.36. The second-order valence-corrected chi connectivity index (χ2v) is 16.0. The maximum Gasteiger partial charge on any atom is 0.341 e. The SMILES string of the molecule is CC(C)Cn1cc(C(=O)O)c(=O)c2cc(F)c(N(C)CC3CCN(C)CC3)cc21.CN(C(=O)c1ccccc1)c1cc2c(cc1F)c(=O)c(C(=O)O)cn2Cc1ccccc1. The van der Waals surface area contributed by atoms with E-state index in [0.717, 1.165) is 44.1 Å². The molecule has 318 valence electrons. The quantitative estimate of drug-likeness (QED) is 0.136. The van der Waals surface area contributed by atoms with Crippen LogP contribution in [0.1, 0.15) is 63.3 Å². The molecule has 1 amide bonds. The Morgan fingerprint density at radius 1 is 0.738 bits per heavy atom. The molecule has 0 saturated carbocycles. The van der Waals surface area contributed by atoms with E-state index in [0.29, 0.717) is 34.7 Å². The number of aromatic nitrogens is 2. The molecule has 0 atom stereocenters. The van der Waals surface area contributed by atoms with Crippen molar-refractivity contribution in [3.63, 3.8) is 0 Å².